The van der Waals surface area contributed by atoms with Crippen LogP contribution in [0.5, 0.6) is 0 Å². The van der Waals surface area contributed by atoms with E-state index in [0.29, 0.717) is 12.1 Å². The Morgan fingerprint density at radius 2 is 2.05 bits per heavy atom. The van der Waals surface area contributed by atoms with Crippen LogP contribution < -0.4 is 5.32 Å². The Morgan fingerprint density at radius 3 is 2.90 bits per heavy atom. The van der Waals surface area contributed by atoms with Gasteiger partial charge in [-0.3, -0.25) is 0 Å². The van der Waals surface area contributed by atoms with Crippen molar-refractivity contribution in [3.63, 3.8) is 0 Å². The van der Waals surface area contributed by atoms with Crippen molar-refractivity contribution in [2.45, 2.75) is 37.8 Å². The number of nitrogens with one attached hydrogen (secondary N) is 1. The summed E-state index contributed by atoms with van der Waals surface area (Å²) in [5, 5.41) is 4.76. The first kappa shape index (κ1) is 13.5. The molecule has 1 saturated heterocycles. The van der Waals surface area contributed by atoms with Crippen LogP contribution in [0.1, 0.15) is 25.7 Å². The van der Waals surface area contributed by atoms with E-state index in [1.54, 1.807) is 0 Å². The van der Waals surface area contributed by atoms with Crippen molar-refractivity contribution in [1.82, 2.24) is 4.98 Å². The fourth-order valence-corrected chi connectivity index (χ4v) is 3.52. The maximum Gasteiger partial charge on any atom is 0.126 e. The van der Waals surface area contributed by atoms with Crippen LogP contribution in [0.3, 0.4) is 0 Å². The van der Waals surface area contributed by atoms with Gasteiger partial charge < -0.3 is 10.1 Å². The number of nitrogens with zero attached hydrogens (tertiary/aromatic N) is 1. The van der Waals surface area contributed by atoms with E-state index in [4.69, 9.17) is 9.72 Å². The molecular formula is C17H19BrN2O. The molecule has 0 spiro atoms. The Labute approximate surface area is 133 Å². The van der Waals surface area contributed by atoms with Gasteiger partial charge in [-0.05, 0) is 61.9 Å². The third kappa shape index (κ3) is 3.06. The normalized spacial score (nSPS) is 26.0. The van der Waals surface area contributed by atoms with Gasteiger partial charge in [0.1, 0.15) is 5.82 Å². The van der Waals surface area contributed by atoms with Gasteiger partial charge in [-0.15, -0.1) is 0 Å². The van der Waals surface area contributed by atoms with Crippen LogP contribution in [0.2, 0.25) is 0 Å². The quantitative estimate of drug-likeness (QED) is 0.895. The van der Waals surface area contributed by atoms with Crippen LogP contribution in [0.25, 0.3) is 10.9 Å². The summed E-state index contributed by atoms with van der Waals surface area (Å²) in [6.45, 7) is 0.874. The highest BCUT2D eigenvalue weighted by molar-refractivity contribution is 9.10. The molecule has 4 heteroatoms. The molecule has 1 aromatic heterocycles. The number of halogens is 1. The summed E-state index contributed by atoms with van der Waals surface area (Å²) in [7, 11) is 0. The minimum atomic E-state index is 0.465. The number of fused-ring (bicyclic) bond motifs is 1. The summed E-state index contributed by atoms with van der Waals surface area (Å²) in [5.74, 6) is 1.79. The van der Waals surface area contributed by atoms with Gasteiger partial charge in [-0.25, -0.2) is 4.98 Å². The Bertz CT molecular complexity index is 656. The first-order chi connectivity index (χ1) is 10.3. The molecule has 1 aliphatic heterocycles. The average molecular weight is 347 g/mol. The van der Waals surface area contributed by atoms with Crippen LogP contribution in [-0.4, -0.2) is 23.7 Å². The minimum absolute atomic E-state index is 0.465. The van der Waals surface area contributed by atoms with Crippen molar-refractivity contribution in [2.24, 2.45) is 5.92 Å². The highest BCUT2D eigenvalue weighted by Gasteiger charge is 2.35. The predicted octanol–water partition coefficient (Wildman–Crippen LogP) is 4.37. The van der Waals surface area contributed by atoms with E-state index in [1.165, 1.54) is 12.8 Å². The first-order valence-corrected chi connectivity index (χ1v) is 8.52. The molecule has 0 amide bonds. The minimum Gasteiger partial charge on any atom is -0.378 e. The molecule has 21 heavy (non-hydrogen) atoms. The van der Waals surface area contributed by atoms with E-state index in [1.807, 2.05) is 6.07 Å². The fraction of sp³-hybridized carbons (Fsp3) is 0.471. The topological polar surface area (TPSA) is 34.2 Å². The molecule has 2 atom stereocenters. The third-order valence-corrected chi connectivity index (χ3v) is 4.96. The van der Waals surface area contributed by atoms with E-state index in [-0.39, 0.29) is 0 Å². The Kier molecular flexibility index (Phi) is 3.59. The summed E-state index contributed by atoms with van der Waals surface area (Å²) in [6, 6.07) is 10.9. The fourth-order valence-electron chi connectivity index (χ4n) is 3.14. The molecule has 2 unspecified atom stereocenters. The molecule has 3 nitrogen and oxygen atoms in total. The van der Waals surface area contributed by atoms with E-state index >= 15 is 0 Å². The number of hydrogen-bond donors (Lipinski definition) is 1. The molecule has 2 heterocycles. The second kappa shape index (κ2) is 5.58. The number of aromatic nitrogens is 1. The maximum atomic E-state index is 5.89. The molecule has 2 fully saturated rings. The van der Waals surface area contributed by atoms with Gasteiger partial charge in [0, 0.05) is 22.5 Å². The molecule has 2 aromatic rings. The monoisotopic (exact) mass is 346 g/mol. The largest absolute Gasteiger partial charge is 0.378 e. The Hall–Kier alpha value is -1.13. The molecule has 1 aliphatic carbocycles. The lowest BCUT2D eigenvalue weighted by Crippen LogP contribution is -2.35. The van der Waals surface area contributed by atoms with E-state index in [2.05, 4.69) is 45.5 Å². The molecule has 0 bridgehead atoms. The maximum absolute atomic E-state index is 5.89. The number of ether oxygens (including phenoxy) is 1. The van der Waals surface area contributed by atoms with Crippen molar-refractivity contribution in [3.05, 3.63) is 34.8 Å². The highest BCUT2D eigenvalue weighted by Crippen LogP contribution is 2.38. The van der Waals surface area contributed by atoms with Gasteiger partial charge in [-0.2, -0.15) is 0 Å². The highest BCUT2D eigenvalue weighted by atomic mass is 79.9. The number of anilines is 1. The van der Waals surface area contributed by atoms with Crippen molar-refractivity contribution in [2.75, 3.05) is 11.9 Å². The van der Waals surface area contributed by atoms with Crippen molar-refractivity contribution < 1.29 is 4.74 Å². The van der Waals surface area contributed by atoms with Crippen LogP contribution in [-0.2, 0) is 4.74 Å². The number of pyridine rings is 1. The third-order valence-electron chi connectivity index (χ3n) is 4.47. The van der Waals surface area contributed by atoms with Gasteiger partial charge in [0.05, 0.1) is 11.6 Å². The SMILES string of the molecule is Brc1ccc2nc(NC3CCOC(C4CC4)C3)ccc2c1. The van der Waals surface area contributed by atoms with E-state index < -0.39 is 0 Å². The standard InChI is InChI=1S/C17H19BrN2O/c18-13-4-5-15-12(9-13)3-6-17(20-15)19-14-7-8-21-16(10-14)11-1-2-11/h3-6,9,11,14,16H,1-2,7-8,10H2,(H,19,20). The summed E-state index contributed by atoms with van der Waals surface area (Å²) >= 11 is 3.50. The smallest absolute Gasteiger partial charge is 0.126 e. The molecule has 1 N–H and O–H groups in total. The van der Waals surface area contributed by atoms with Crippen LogP contribution >= 0.6 is 15.9 Å². The molecule has 1 saturated carbocycles. The van der Waals surface area contributed by atoms with E-state index in [9.17, 15) is 0 Å². The number of rotatable bonds is 3. The Morgan fingerprint density at radius 1 is 1.14 bits per heavy atom. The molecule has 2 aliphatic rings. The Balaban J connectivity index is 1.49. The lowest BCUT2D eigenvalue weighted by atomic mass is 10.00. The van der Waals surface area contributed by atoms with Crippen molar-refractivity contribution in [3.8, 4) is 0 Å². The van der Waals surface area contributed by atoms with Crippen LogP contribution in [0.4, 0.5) is 5.82 Å². The zero-order valence-electron chi connectivity index (χ0n) is 11.9. The zero-order chi connectivity index (χ0) is 14.2. The van der Waals surface area contributed by atoms with E-state index in [0.717, 1.165) is 46.6 Å². The van der Waals surface area contributed by atoms with Gasteiger partial charge in [-0.1, -0.05) is 15.9 Å². The molecule has 0 radical (unpaired) electrons. The molecular weight excluding hydrogens is 328 g/mol. The van der Waals surface area contributed by atoms with Gasteiger partial charge in [0.2, 0.25) is 0 Å². The predicted molar refractivity (Wildman–Crippen MR) is 88.6 cm³/mol. The summed E-state index contributed by atoms with van der Waals surface area (Å²) in [6.07, 6.45) is 5.35. The number of hydrogen-bond acceptors (Lipinski definition) is 3. The molecule has 110 valence electrons. The number of benzene rings is 1. The van der Waals surface area contributed by atoms with Gasteiger partial charge in [0.25, 0.3) is 0 Å². The second-order valence-electron chi connectivity index (χ2n) is 6.15. The van der Waals surface area contributed by atoms with Gasteiger partial charge >= 0.3 is 0 Å². The second-order valence-corrected chi connectivity index (χ2v) is 7.06. The van der Waals surface area contributed by atoms with Crippen LogP contribution in [0.15, 0.2) is 34.8 Å². The van der Waals surface area contributed by atoms with Crippen molar-refractivity contribution >= 4 is 32.7 Å². The van der Waals surface area contributed by atoms with Gasteiger partial charge in [0.15, 0.2) is 0 Å². The average Bonchev–Trinajstić information content (AvgIpc) is 3.32. The summed E-state index contributed by atoms with van der Waals surface area (Å²) in [5.41, 5.74) is 1.04. The lowest BCUT2D eigenvalue weighted by Gasteiger charge is -2.30. The molecule has 1 aromatic carbocycles. The molecule has 4 rings (SSSR count). The summed E-state index contributed by atoms with van der Waals surface area (Å²) < 4.78 is 6.98. The van der Waals surface area contributed by atoms with Crippen molar-refractivity contribution in [1.29, 1.82) is 0 Å². The van der Waals surface area contributed by atoms with Crippen LogP contribution in [0, 0.1) is 5.92 Å². The summed E-state index contributed by atoms with van der Waals surface area (Å²) in [4.78, 5) is 4.72. The first-order valence-electron chi connectivity index (χ1n) is 7.72. The zero-order valence-corrected chi connectivity index (χ0v) is 13.5. The lowest BCUT2D eigenvalue weighted by molar-refractivity contribution is -0.00222.